The summed E-state index contributed by atoms with van der Waals surface area (Å²) in [5, 5.41) is 10.4. The molecular weight excluding hydrogens is 288 g/mol. The summed E-state index contributed by atoms with van der Waals surface area (Å²) in [5.74, 6) is -1.17. The molecule has 0 aromatic carbocycles. The van der Waals surface area contributed by atoms with Crippen LogP contribution in [0.5, 0.6) is 0 Å². The smallest absolute Gasteiger partial charge is 0.322 e. The molecule has 1 aromatic rings. The Bertz CT molecular complexity index is 588. The van der Waals surface area contributed by atoms with Gasteiger partial charge in [-0.05, 0) is 6.92 Å². The number of aromatic nitrogens is 2. The molecule has 10 heteroatoms. The van der Waals surface area contributed by atoms with Gasteiger partial charge < -0.3 is 15.0 Å². The number of carboxylic acid groups (broad SMARTS) is 1. The second-order valence-electron chi connectivity index (χ2n) is 4.06. The highest BCUT2D eigenvalue weighted by Gasteiger charge is 2.18. The minimum absolute atomic E-state index is 0.122. The zero-order chi connectivity index (χ0) is 15.3. The highest BCUT2D eigenvalue weighted by Crippen LogP contribution is 2.07. The quantitative estimate of drug-likeness (QED) is 0.568. The van der Waals surface area contributed by atoms with Gasteiger partial charge in [0.25, 0.3) is 10.0 Å². The zero-order valence-corrected chi connectivity index (χ0v) is 11.9. The van der Waals surface area contributed by atoms with E-state index in [1.165, 1.54) is 6.20 Å². The second kappa shape index (κ2) is 6.48. The average Bonchev–Trinajstić information content (AvgIpc) is 2.68. The van der Waals surface area contributed by atoms with Crippen molar-refractivity contribution in [3.63, 3.8) is 0 Å². The van der Waals surface area contributed by atoms with E-state index < -0.39 is 28.4 Å². The highest BCUT2D eigenvalue weighted by atomic mass is 32.2. The summed E-state index contributed by atoms with van der Waals surface area (Å²) < 4.78 is 27.5. The first kappa shape index (κ1) is 16.1. The van der Waals surface area contributed by atoms with Crippen LogP contribution in [0, 0.1) is 6.92 Å². The van der Waals surface area contributed by atoms with E-state index in [1.54, 1.807) is 18.5 Å². The number of carbonyl (C=O) groups excluding carboxylic acids is 1. The fourth-order valence-electron chi connectivity index (χ4n) is 1.29. The molecule has 0 atom stereocenters. The van der Waals surface area contributed by atoms with E-state index in [2.05, 4.69) is 15.0 Å². The number of carboxylic acids is 1. The number of hydrogen-bond donors (Lipinski definition) is 3. The van der Waals surface area contributed by atoms with Gasteiger partial charge in [0.1, 0.15) is 12.4 Å². The molecule has 1 amide bonds. The number of aryl methyl sites for hydroxylation is 2. The molecule has 0 saturated carbocycles. The van der Waals surface area contributed by atoms with Crippen molar-refractivity contribution in [1.82, 2.24) is 19.6 Å². The maximum Gasteiger partial charge on any atom is 0.322 e. The molecule has 1 aromatic heterocycles. The Morgan fingerprint density at radius 3 is 2.60 bits per heavy atom. The topological polar surface area (TPSA) is 130 Å². The van der Waals surface area contributed by atoms with E-state index in [9.17, 15) is 18.0 Å². The summed E-state index contributed by atoms with van der Waals surface area (Å²) in [5.41, 5.74) is 0. The number of aliphatic carboxylic acids is 1. The number of carbonyl (C=O) groups is 2. The van der Waals surface area contributed by atoms with Crippen LogP contribution in [-0.4, -0.2) is 48.0 Å². The van der Waals surface area contributed by atoms with Gasteiger partial charge in [-0.1, -0.05) is 0 Å². The second-order valence-corrected chi connectivity index (χ2v) is 5.77. The van der Waals surface area contributed by atoms with Crippen LogP contribution in [0.3, 0.4) is 0 Å². The Labute approximate surface area is 116 Å². The van der Waals surface area contributed by atoms with Gasteiger partial charge in [-0.3, -0.25) is 9.59 Å². The van der Waals surface area contributed by atoms with Gasteiger partial charge in [0, 0.05) is 26.2 Å². The summed E-state index contributed by atoms with van der Waals surface area (Å²) in [6, 6.07) is 0. The molecule has 3 N–H and O–H groups in total. The lowest BCUT2D eigenvalue weighted by Gasteiger charge is -2.04. The van der Waals surface area contributed by atoms with Gasteiger partial charge >= 0.3 is 5.97 Å². The predicted octanol–water partition coefficient (Wildman–Crippen LogP) is -1.40. The molecule has 0 aliphatic carbocycles. The van der Waals surface area contributed by atoms with Crippen LogP contribution in [0.1, 0.15) is 12.2 Å². The average molecular weight is 304 g/mol. The van der Waals surface area contributed by atoms with Gasteiger partial charge in [0.2, 0.25) is 5.91 Å². The van der Waals surface area contributed by atoms with Crippen LogP contribution < -0.4 is 10.0 Å². The van der Waals surface area contributed by atoms with Crippen molar-refractivity contribution in [2.75, 3.05) is 13.1 Å². The summed E-state index contributed by atoms with van der Waals surface area (Å²) >= 11 is 0. The van der Waals surface area contributed by atoms with Gasteiger partial charge in [0.15, 0.2) is 5.03 Å². The lowest BCUT2D eigenvalue weighted by Crippen LogP contribution is -2.33. The highest BCUT2D eigenvalue weighted by molar-refractivity contribution is 7.89. The van der Waals surface area contributed by atoms with Crippen molar-refractivity contribution >= 4 is 21.9 Å². The number of nitrogens with zero attached hydrogens (tertiary/aromatic N) is 2. The first-order valence-corrected chi connectivity index (χ1v) is 7.19. The SMILES string of the molecule is Cc1nc(S(=O)(=O)NCCC(=O)NCC(=O)O)cn1C. The molecule has 20 heavy (non-hydrogen) atoms. The van der Waals surface area contributed by atoms with E-state index in [0.717, 1.165) is 0 Å². The number of hydrogen-bond acceptors (Lipinski definition) is 5. The van der Waals surface area contributed by atoms with Crippen LogP contribution in [0.4, 0.5) is 0 Å². The largest absolute Gasteiger partial charge is 0.480 e. The van der Waals surface area contributed by atoms with Crippen LogP contribution in [-0.2, 0) is 26.7 Å². The summed E-state index contributed by atoms with van der Waals surface area (Å²) in [4.78, 5) is 25.3. The van der Waals surface area contributed by atoms with Crippen LogP contribution in [0.25, 0.3) is 0 Å². The van der Waals surface area contributed by atoms with Crippen molar-refractivity contribution in [2.24, 2.45) is 7.05 Å². The minimum atomic E-state index is -3.77. The zero-order valence-electron chi connectivity index (χ0n) is 11.1. The number of amides is 1. The lowest BCUT2D eigenvalue weighted by atomic mass is 10.4. The van der Waals surface area contributed by atoms with Crippen molar-refractivity contribution < 1.29 is 23.1 Å². The number of sulfonamides is 1. The van der Waals surface area contributed by atoms with E-state index in [1.807, 2.05) is 0 Å². The standard InChI is InChI=1S/C10H16N4O5S/c1-7-13-9(6-14(7)2)20(18,19)12-4-3-8(15)11-5-10(16)17/h6,12H,3-5H2,1-2H3,(H,11,15)(H,16,17). The van der Waals surface area contributed by atoms with Gasteiger partial charge in [0.05, 0.1) is 0 Å². The molecule has 0 spiro atoms. The Kier molecular flexibility index (Phi) is 5.22. The summed E-state index contributed by atoms with van der Waals surface area (Å²) in [6.07, 6.45) is 1.21. The molecule has 0 radical (unpaired) electrons. The van der Waals surface area contributed by atoms with E-state index in [0.29, 0.717) is 5.82 Å². The normalized spacial score (nSPS) is 11.3. The molecule has 0 fully saturated rings. The monoisotopic (exact) mass is 304 g/mol. The Morgan fingerprint density at radius 1 is 1.45 bits per heavy atom. The van der Waals surface area contributed by atoms with Crippen molar-refractivity contribution in [2.45, 2.75) is 18.4 Å². The summed E-state index contributed by atoms with van der Waals surface area (Å²) in [6.45, 7) is 1.03. The molecule has 0 saturated heterocycles. The number of nitrogens with one attached hydrogen (secondary N) is 2. The Morgan fingerprint density at radius 2 is 2.10 bits per heavy atom. The van der Waals surface area contributed by atoms with Crippen LogP contribution in [0.2, 0.25) is 0 Å². The molecule has 1 heterocycles. The first-order chi connectivity index (χ1) is 9.22. The van der Waals surface area contributed by atoms with E-state index in [4.69, 9.17) is 5.11 Å². The fraction of sp³-hybridized carbons (Fsp3) is 0.500. The van der Waals surface area contributed by atoms with Crippen molar-refractivity contribution in [1.29, 1.82) is 0 Å². The van der Waals surface area contributed by atoms with Crippen molar-refractivity contribution in [3.8, 4) is 0 Å². The van der Waals surface area contributed by atoms with Gasteiger partial charge in [-0.25, -0.2) is 18.1 Å². The van der Waals surface area contributed by atoms with Gasteiger partial charge in [-0.2, -0.15) is 0 Å². The minimum Gasteiger partial charge on any atom is -0.480 e. The maximum atomic E-state index is 11.8. The third-order valence-corrected chi connectivity index (χ3v) is 3.77. The number of imidazole rings is 1. The maximum absolute atomic E-state index is 11.8. The van der Waals surface area contributed by atoms with E-state index >= 15 is 0 Å². The first-order valence-electron chi connectivity index (χ1n) is 5.70. The third-order valence-electron chi connectivity index (χ3n) is 2.44. The van der Waals surface area contributed by atoms with Crippen LogP contribution >= 0.6 is 0 Å². The number of rotatable bonds is 7. The van der Waals surface area contributed by atoms with Gasteiger partial charge in [-0.15, -0.1) is 0 Å². The molecule has 0 bridgehead atoms. The molecule has 9 nitrogen and oxygen atoms in total. The third kappa shape index (κ3) is 4.63. The molecule has 0 unspecified atom stereocenters. The fourth-order valence-corrected chi connectivity index (χ4v) is 2.36. The van der Waals surface area contributed by atoms with E-state index in [-0.39, 0.29) is 18.0 Å². The molecule has 1 rings (SSSR count). The Balaban J connectivity index is 2.48. The van der Waals surface area contributed by atoms with Crippen molar-refractivity contribution in [3.05, 3.63) is 12.0 Å². The molecule has 0 aliphatic rings. The molecule has 0 aliphatic heterocycles. The molecular formula is C10H16N4O5S. The molecule has 112 valence electrons. The predicted molar refractivity (Wildman–Crippen MR) is 68.4 cm³/mol. The Hall–Kier alpha value is -1.94. The van der Waals surface area contributed by atoms with Crippen LogP contribution in [0.15, 0.2) is 11.2 Å². The lowest BCUT2D eigenvalue weighted by molar-refractivity contribution is -0.137. The summed E-state index contributed by atoms with van der Waals surface area (Å²) in [7, 11) is -2.10.